The van der Waals surface area contributed by atoms with E-state index in [1.165, 1.54) is 0 Å². The summed E-state index contributed by atoms with van der Waals surface area (Å²) >= 11 is 0. The van der Waals surface area contributed by atoms with Crippen LogP contribution in [0.2, 0.25) is 0 Å². The van der Waals surface area contributed by atoms with E-state index >= 15 is 0 Å². The second-order valence-corrected chi connectivity index (χ2v) is 7.50. The van der Waals surface area contributed by atoms with Crippen LogP contribution < -0.4 is 0 Å². The standard InChI is InChI=1S/C17H24F2N4O/c18-17(19)5-8-21(12-17)10-14-4-7-23-15(3-6-20-23)11-22(14)16(24)9-13-1-2-13/h3,6,13-14H,1-2,4-5,7-12H2. The van der Waals surface area contributed by atoms with Gasteiger partial charge in [0.1, 0.15) is 0 Å². The predicted octanol–water partition coefficient (Wildman–Crippen LogP) is 2.13. The van der Waals surface area contributed by atoms with Gasteiger partial charge in [-0.15, -0.1) is 0 Å². The van der Waals surface area contributed by atoms with Crippen molar-refractivity contribution in [3.8, 4) is 0 Å². The minimum Gasteiger partial charge on any atom is -0.332 e. The normalized spacial score (nSPS) is 27.1. The highest BCUT2D eigenvalue weighted by atomic mass is 19.3. The number of carbonyl (C=O) groups excluding carboxylic acids is 1. The number of aryl methyl sites for hydroxylation is 1. The first-order valence-electron chi connectivity index (χ1n) is 8.90. The molecule has 0 N–H and O–H groups in total. The highest BCUT2D eigenvalue weighted by molar-refractivity contribution is 5.77. The molecule has 0 spiro atoms. The molecular weight excluding hydrogens is 314 g/mol. The van der Waals surface area contributed by atoms with Gasteiger partial charge >= 0.3 is 0 Å². The first-order chi connectivity index (χ1) is 11.5. The third kappa shape index (κ3) is 3.45. The van der Waals surface area contributed by atoms with Crippen molar-refractivity contribution in [2.75, 3.05) is 19.6 Å². The van der Waals surface area contributed by atoms with Gasteiger partial charge in [-0.1, -0.05) is 0 Å². The third-order valence-electron chi connectivity index (χ3n) is 5.45. The number of nitrogens with zero attached hydrogens (tertiary/aromatic N) is 4. The number of alkyl halides is 2. The highest BCUT2D eigenvalue weighted by Gasteiger charge is 2.40. The quantitative estimate of drug-likeness (QED) is 0.844. The largest absolute Gasteiger partial charge is 0.332 e. The summed E-state index contributed by atoms with van der Waals surface area (Å²) in [6, 6.07) is 1.94. The molecule has 3 heterocycles. The lowest BCUT2D eigenvalue weighted by molar-refractivity contribution is -0.135. The van der Waals surface area contributed by atoms with E-state index in [4.69, 9.17) is 0 Å². The van der Waals surface area contributed by atoms with Crippen molar-refractivity contribution < 1.29 is 13.6 Å². The minimum absolute atomic E-state index is 0.00755. The Kier molecular flexibility index (Phi) is 4.06. The summed E-state index contributed by atoms with van der Waals surface area (Å²) in [6.07, 6.45) is 5.34. The van der Waals surface area contributed by atoms with Crippen LogP contribution in [0.3, 0.4) is 0 Å². The lowest BCUT2D eigenvalue weighted by Gasteiger charge is -2.33. The molecule has 1 aliphatic carbocycles. The Labute approximate surface area is 140 Å². The number of carbonyl (C=O) groups is 1. The van der Waals surface area contributed by atoms with E-state index in [2.05, 4.69) is 5.10 Å². The molecule has 1 amide bonds. The molecule has 5 nitrogen and oxygen atoms in total. The summed E-state index contributed by atoms with van der Waals surface area (Å²) in [5.41, 5.74) is 1.04. The fraction of sp³-hybridized carbons (Fsp3) is 0.765. The van der Waals surface area contributed by atoms with E-state index in [-0.39, 0.29) is 24.9 Å². The maximum Gasteiger partial charge on any atom is 0.261 e. The summed E-state index contributed by atoms with van der Waals surface area (Å²) in [5, 5.41) is 4.32. The minimum atomic E-state index is -2.58. The molecule has 2 aliphatic heterocycles. The fourth-order valence-electron chi connectivity index (χ4n) is 3.86. The van der Waals surface area contributed by atoms with E-state index in [1.54, 1.807) is 6.20 Å². The predicted molar refractivity (Wildman–Crippen MR) is 84.5 cm³/mol. The van der Waals surface area contributed by atoms with Crippen molar-refractivity contribution in [2.45, 2.75) is 57.2 Å². The van der Waals surface area contributed by atoms with E-state index < -0.39 is 5.92 Å². The third-order valence-corrected chi connectivity index (χ3v) is 5.45. The Bertz CT molecular complexity index is 613. The van der Waals surface area contributed by atoms with Crippen LogP contribution in [0.1, 0.15) is 37.8 Å². The summed E-state index contributed by atoms with van der Waals surface area (Å²) in [7, 11) is 0. The van der Waals surface area contributed by atoms with Crippen LogP contribution in [0.25, 0.3) is 0 Å². The Balaban J connectivity index is 1.49. The van der Waals surface area contributed by atoms with Crippen LogP contribution >= 0.6 is 0 Å². The lowest BCUT2D eigenvalue weighted by atomic mass is 10.1. The summed E-state index contributed by atoms with van der Waals surface area (Å²) in [5.74, 6) is -1.88. The molecule has 24 heavy (non-hydrogen) atoms. The van der Waals surface area contributed by atoms with Crippen LogP contribution in [0, 0.1) is 5.92 Å². The number of likely N-dealkylation sites (tertiary alicyclic amines) is 1. The van der Waals surface area contributed by atoms with E-state index in [0.717, 1.165) is 31.5 Å². The average Bonchev–Trinajstić information content (AvgIpc) is 3.16. The van der Waals surface area contributed by atoms with Crippen LogP contribution in [0.5, 0.6) is 0 Å². The second-order valence-electron chi connectivity index (χ2n) is 7.50. The smallest absolute Gasteiger partial charge is 0.261 e. The van der Waals surface area contributed by atoms with Gasteiger partial charge in [-0.25, -0.2) is 8.78 Å². The molecule has 1 saturated carbocycles. The van der Waals surface area contributed by atoms with Crippen LogP contribution in [0.15, 0.2) is 12.3 Å². The number of hydrogen-bond donors (Lipinski definition) is 0. The first-order valence-corrected chi connectivity index (χ1v) is 8.90. The molecule has 2 fully saturated rings. The topological polar surface area (TPSA) is 41.4 Å². The van der Waals surface area contributed by atoms with Crippen LogP contribution in [-0.2, 0) is 17.9 Å². The van der Waals surface area contributed by atoms with Crippen LogP contribution in [0.4, 0.5) is 8.78 Å². The van der Waals surface area contributed by atoms with Gasteiger partial charge in [-0.05, 0) is 31.2 Å². The number of amides is 1. The highest BCUT2D eigenvalue weighted by Crippen LogP contribution is 2.34. The first kappa shape index (κ1) is 16.0. The maximum absolute atomic E-state index is 13.5. The Morgan fingerprint density at radius 2 is 2.12 bits per heavy atom. The van der Waals surface area contributed by atoms with Crippen molar-refractivity contribution in [3.63, 3.8) is 0 Å². The number of halogens is 2. The summed E-state index contributed by atoms with van der Waals surface area (Å²) in [6.45, 7) is 2.05. The number of rotatable bonds is 4. The van der Waals surface area contributed by atoms with Crippen molar-refractivity contribution in [2.24, 2.45) is 5.92 Å². The fourth-order valence-corrected chi connectivity index (χ4v) is 3.86. The summed E-state index contributed by atoms with van der Waals surface area (Å²) in [4.78, 5) is 16.5. The van der Waals surface area contributed by atoms with Crippen molar-refractivity contribution in [3.05, 3.63) is 18.0 Å². The molecule has 1 atom stereocenters. The molecular formula is C17H24F2N4O. The molecule has 0 radical (unpaired) electrons. The number of hydrogen-bond acceptors (Lipinski definition) is 3. The molecule has 132 valence electrons. The summed E-state index contributed by atoms with van der Waals surface area (Å²) < 4.78 is 28.9. The molecule has 1 saturated heterocycles. The zero-order chi connectivity index (χ0) is 16.7. The SMILES string of the molecule is O=C(CC1CC1)N1Cc2ccnn2CCC1CN1CCC(F)(F)C1. The van der Waals surface area contributed by atoms with E-state index in [9.17, 15) is 13.6 Å². The Hall–Kier alpha value is -1.50. The molecule has 7 heteroatoms. The molecule has 1 aromatic heterocycles. The van der Waals surface area contributed by atoms with Crippen molar-refractivity contribution >= 4 is 5.91 Å². The van der Waals surface area contributed by atoms with Crippen LogP contribution in [-0.4, -0.2) is 57.1 Å². The van der Waals surface area contributed by atoms with Gasteiger partial charge in [0.15, 0.2) is 0 Å². The van der Waals surface area contributed by atoms with Gasteiger partial charge in [0.05, 0.1) is 18.8 Å². The zero-order valence-corrected chi connectivity index (χ0v) is 13.8. The molecule has 0 aromatic carbocycles. The second kappa shape index (κ2) is 6.10. The zero-order valence-electron chi connectivity index (χ0n) is 13.8. The van der Waals surface area contributed by atoms with E-state index in [1.807, 2.05) is 20.5 Å². The van der Waals surface area contributed by atoms with Gasteiger partial charge in [-0.2, -0.15) is 5.10 Å². The maximum atomic E-state index is 13.5. The number of aromatic nitrogens is 2. The van der Waals surface area contributed by atoms with Gasteiger partial charge in [0.25, 0.3) is 5.92 Å². The molecule has 4 rings (SSSR count). The van der Waals surface area contributed by atoms with Gasteiger partial charge in [0.2, 0.25) is 5.91 Å². The Morgan fingerprint density at radius 3 is 2.83 bits per heavy atom. The monoisotopic (exact) mass is 338 g/mol. The van der Waals surface area contributed by atoms with E-state index in [0.29, 0.717) is 32.0 Å². The molecule has 3 aliphatic rings. The molecule has 0 bridgehead atoms. The average molecular weight is 338 g/mol. The molecule has 1 unspecified atom stereocenters. The molecule has 1 aromatic rings. The van der Waals surface area contributed by atoms with Gasteiger partial charge < -0.3 is 4.90 Å². The van der Waals surface area contributed by atoms with Crippen molar-refractivity contribution in [1.82, 2.24) is 19.6 Å². The van der Waals surface area contributed by atoms with Gasteiger partial charge in [-0.3, -0.25) is 14.4 Å². The lowest BCUT2D eigenvalue weighted by Crippen LogP contribution is -2.46. The Morgan fingerprint density at radius 1 is 1.29 bits per heavy atom. The number of fused-ring (bicyclic) bond motifs is 1. The van der Waals surface area contributed by atoms with Gasteiger partial charge in [0, 0.05) is 44.7 Å². The van der Waals surface area contributed by atoms with Crippen molar-refractivity contribution in [1.29, 1.82) is 0 Å².